The largest absolute Gasteiger partial charge is 0.497 e. The van der Waals surface area contributed by atoms with Crippen LogP contribution in [0.1, 0.15) is 18.9 Å². The van der Waals surface area contributed by atoms with Gasteiger partial charge >= 0.3 is 0 Å². The zero-order valence-electron chi connectivity index (χ0n) is 16.0. The van der Waals surface area contributed by atoms with Gasteiger partial charge in [-0.25, -0.2) is 0 Å². The summed E-state index contributed by atoms with van der Waals surface area (Å²) in [5.41, 5.74) is 1.31. The summed E-state index contributed by atoms with van der Waals surface area (Å²) < 4.78 is 16.5. The van der Waals surface area contributed by atoms with Crippen molar-refractivity contribution in [3.05, 3.63) is 42.0 Å². The predicted molar refractivity (Wildman–Crippen MR) is 108 cm³/mol. The van der Waals surface area contributed by atoms with Gasteiger partial charge in [-0.3, -0.25) is 0 Å². The van der Waals surface area contributed by atoms with E-state index in [0.717, 1.165) is 54.0 Å². The molecule has 0 saturated carbocycles. The van der Waals surface area contributed by atoms with Gasteiger partial charge in [0.2, 0.25) is 0 Å². The maximum atomic E-state index is 5.53. The number of ether oxygens (including phenoxy) is 3. The average molecular weight is 353 g/mol. The minimum Gasteiger partial charge on any atom is -0.497 e. The van der Waals surface area contributed by atoms with Gasteiger partial charge in [-0.1, -0.05) is 19.1 Å². The topological polar surface area (TPSA) is 39.7 Å². The second kappa shape index (κ2) is 8.28. The third kappa shape index (κ3) is 3.56. The molecule has 0 atom stereocenters. The lowest BCUT2D eigenvalue weighted by atomic mass is 9.95. The molecule has 0 aromatic heterocycles. The smallest absolute Gasteiger partial charge is 0.161 e. The van der Waals surface area contributed by atoms with E-state index in [4.69, 9.17) is 14.2 Å². The quantitative estimate of drug-likeness (QED) is 0.476. The Bertz CT molecular complexity index is 905. The summed E-state index contributed by atoms with van der Waals surface area (Å²) in [6.45, 7) is 4.18. The van der Waals surface area contributed by atoms with E-state index in [-0.39, 0.29) is 0 Å². The van der Waals surface area contributed by atoms with Crippen molar-refractivity contribution in [2.75, 3.05) is 34.4 Å². The molecule has 0 spiro atoms. The number of hydrogen-bond donors (Lipinski definition) is 1. The van der Waals surface area contributed by atoms with E-state index in [9.17, 15) is 0 Å². The van der Waals surface area contributed by atoms with Gasteiger partial charge in [0.15, 0.2) is 11.5 Å². The second-order valence-corrected chi connectivity index (χ2v) is 6.38. The van der Waals surface area contributed by atoms with Crippen LogP contribution in [0, 0.1) is 0 Å². The van der Waals surface area contributed by atoms with Crippen molar-refractivity contribution in [2.45, 2.75) is 19.8 Å². The summed E-state index contributed by atoms with van der Waals surface area (Å²) in [7, 11) is 5.04. The number of nitrogens with one attached hydrogen (secondary N) is 1. The highest BCUT2D eigenvalue weighted by molar-refractivity contribution is 6.10. The molecular formula is C22H27NO3. The first-order chi connectivity index (χ1) is 12.7. The monoisotopic (exact) mass is 353 g/mol. The molecule has 3 aromatic rings. The van der Waals surface area contributed by atoms with Crippen LogP contribution >= 0.6 is 0 Å². The number of methoxy groups -OCH3 is 3. The van der Waals surface area contributed by atoms with Crippen LogP contribution in [0.15, 0.2) is 36.4 Å². The summed E-state index contributed by atoms with van der Waals surface area (Å²) in [4.78, 5) is 0. The Morgan fingerprint density at radius 3 is 2.15 bits per heavy atom. The summed E-state index contributed by atoms with van der Waals surface area (Å²) in [6.07, 6.45) is 2.11. The molecule has 0 heterocycles. The highest BCUT2D eigenvalue weighted by Crippen LogP contribution is 2.38. The van der Waals surface area contributed by atoms with Crippen LogP contribution < -0.4 is 19.5 Å². The molecule has 0 aliphatic heterocycles. The fraction of sp³-hybridized carbons (Fsp3) is 0.364. The number of hydrogen-bond acceptors (Lipinski definition) is 4. The molecule has 3 aromatic carbocycles. The van der Waals surface area contributed by atoms with E-state index in [1.165, 1.54) is 16.3 Å². The van der Waals surface area contributed by atoms with E-state index >= 15 is 0 Å². The van der Waals surface area contributed by atoms with Crippen LogP contribution in [-0.4, -0.2) is 34.4 Å². The van der Waals surface area contributed by atoms with Gasteiger partial charge in [0.1, 0.15) is 5.75 Å². The van der Waals surface area contributed by atoms with E-state index in [0.29, 0.717) is 0 Å². The Kier molecular flexibility index (Phi) is 5.84. The van der Waals surface area contributed by atoms with Crippen LogP contribution in [0.2, 0.25) is 0 Å². The third-order valence-electron chi connectivity index (χ3n) is 4.75. The molecule has 1 N–H and O–H groups in total. The van der Waals surface area contributed by atoms with Crippen LogP contribution in [0.4, 0.5) is 0 Å². The van der Waals surface area contributed by atoms with Gasteiger partial charge in [-0.15, -0.1) is 0 Å². The van der Waals surface area contributed by atoms with Crippen molar-refractivity contribution < 1.29 is 14.2 Å². The molecule has 0 fully saturated rings. The molecule has 3 rings (SSSR count). The third-order valence-corrected chi connectivity index (χ3v) is 4.75. The predicted octanol–water partition coefficient (Wildman–Crippen LogP) is 4.56. The van der Waals surface area contributed by atoms with Gasteiger partial charge in [-0.2, -0.15) is 0 Å². The highest BCUT2D eigenvalue weighted by atomic mass is 16.5. The Morgan fingerprint density at radius 1 is 0.769 bits per heavy atom. The minimum atomic E-state index is 0.741. The van der Waals surface area contributed by atoms with Crippen molar-refractivity contribution in [2.24, 2.45) is 0 Å². The standard InChI is InChI=1S/C22H27NO3/c1-5-9-23-10-8-16-11-15-6-7-17(24-2)12-18(15)20-14-22(26-4)21(25-3)13-19(16)20/h6-7,11-14,23H,5,8-10H2,1-4H3. The fourth-order valence-corrected chi connectivity index (χ4v) is 3.39. The number of fused-ring (bicyclic) bond motifs is 3. The van der Waals surface area contributed by atoms with E-state index in [2.05, 4.69) is 42.6 Å². The van der Waals surface area contributed by atoms with Gasteiger partial charge in [0.25, 0.3) is 0 Å². The van der Waals surface area contributed by atoms with Crippen LogP contribution in [0.3, 0.4) is 0 Å². The molecule has 0 unspecified atom stereocenters. The van der Waals surface area contributed by atoms with Crippen molar-refractivity contribution in [3.8, 4) is 17.2 Å². The first-order valence-electron chi connectivity index (χ1n) is 9.07. The Balaban J connectivity index is 2.20. The fourth-order valence-electron chi connectivity index (χ4n) is 3.39. The van der Waals surface area contributed by atoms with Gasteiger partial charge in [-0.05, 0) is 77.3 Å². The second-order valence-electron chi connectivity index (χ2n) is 6.38. The maximum absolute atomic E-state index is 5.53. The van der Waals surface area contributed by atoms with Crippen LogP contribution in [0.5, 0.6) is 17.2 Å². The summed E-state index contributed by atoms with van der Waals surface area (Å²) in [5, 5.41) is 8.21. The molecule has 0 amide bonds. The van der Waals surface area contributed by atoms with Gasteiger partial charge in [0.05, 0.1) is 21.3 Å². The minimum absolute atomic E-state index is 0.741. The summed E-state index contributed by atoms with van der Waals surface area (Å²) >= 11 is 0. The first kappa shape index (κ1) is 18.3. The van der Waals surface area contributed by atoms with E-state index in [1.807, 2.05) is 6.07 Å². The summed E-state index contributed by atoms with van der Waals surface area (Å²) in [5.74, 6) is 2.35. The first-order valence-corrected chi connectivity index (χ1v) is 9.07. The molecule has 4 heteroatoms. The molecular weight excluding hydrogens is 326 g/mol. The average Bonchev–Trinajstić information content (AvgIpc) is 2.69. The molecule has 0 radical (unpaired) electrons. The molecule has 138 valence electrons. The Hall–Kier alpha value is -2.46. The van der Waals surface area contributed by atoms with Crippen molar-refractivity contribution >= 4 is 21.5 Å². The lowest BCUT2D eigenvalue weighted by Crippen LogP contribution is -2.17. The molecule has 0 aliphatic rings. The Morgan fingerprint density at radius 2 is 1.50 bits per heavy atom. The van der Waals surface area contributed by atoms with Gasteiger partial charge < -0.3 is 19.5 Å². The van der Waals surface area contributed by atoms with Gasteiger partial charge in [0, 0.05) is 0 Å². The summed E-state index contributed by atoms with van der Waals surface area (Å²) in [6, 6.07) is 12.6. The van der Waals surface area contributed by atoms with E-state index < -0.39 is 0 Å². The maximum Gasteiger partial charge on any atom is 0.161 e. The molecule has 0 aliphatic carbocycles. The molecule has 4 nitrogen and oxygen atoms in total. The normalized spacial score (nSPS) is 11.1. The molecule has 0 saturated heterocycles. The highest BCUT2D eigenvalue weighted by Gasteiger charge is 2.13. The zero-order valence-corrected chi connectivity index (χ0v) is 16.0. The lowest BCUT2D eigenvalue weighted by molar-refractivity contribution is 0.356. The van der Waals surface area contributed by atoms with Crippen molar-refractivity contribution in [1.82, 2.24) is 5.32 Å². The van der Waals surface area contributed by atoms with Crippen molar-refractivity contribution in [3.63, 3.8) is 0 Å². The van der Waals surface area contributed by atoms with Crippen molar-refractivity contribution in [1.29, 1.82) is 0 Å². The number of rotatable bonds is 8. The zero-order chi connectivity index (χ0) is 18.5. The van der Waals surface area contributed by atoms with E-state index in [1.54, 1.807) is 21.3 Å². The molecule has 26 heavy (non-hydrogen) atoms. The lowest BCUT2D eigenvalue weighted by Gasteiger charge is -2.15. The van der Waals surface area contributed by atoms with Crippen LogP contribution in [0.25, 0.3) is 21.5 Å². The number of benzene rings is 3. The molecule has 0 bridgehead atoms. The Labute approximate surface area is 155 Å². The SMILES string of the molecule is CCCNCCc1cc2ccc(OC)cc2c2cc(OC)c(OC)cc12. The van der Waals surface area contributed by atoms with Crippen LogP contribution in [-0.2, 0) is 6.42 Å².